The highest BCUT2D eigenvalue weighted by Crippen LogP contribution is 2.38. The molecule has 1 aliphatic rings. The zero-order valence-electron chi connectivity index (χ0n) is 16.8. The van der Waals surface area contributed by atoms with Crippen molar-refractivity contribution in [3.63, 3.8) is 0 Å². The van der Waals surface area contributed by atoms with Gasteiger partial charge >= 0.3 is 5.97 Å². The van der Waals surface area contributed by atoms with Crippen molar-refractivity contribution in [3.05, 3.63) is 45.8 Å². The van der Waals surface area contributed by atoms with Crippen molar-refractivity contribution in [1.82, 2.24) is 0 Å². The molecular formula is C22H25N3O3S. The summed E-state index contributed by atoms with van der Waals surface area (Å²) in [5, 5.41) is 13.1. The van der Waals surface area contributed by atoms with E-state index < -0.39 is 0 Å². The first-order chi connectivity index (χ1) is 14.1. The van der Waals surface area contributed by atoms with Gasteiger partial charge in [0.25, 0.3) is 0 Å². The van der Waals surface area contributed by atoms with Crippen LogP contribution in [0.5, 0.6) is 0 Å². The number of aryl methyl sites for hydroxylation is 1. The maximum absolute atomic E-state index is 12.5. The number of rotatable bonds is 8. The van der Waals surface area contributed by atoms with Crippen LogP contribution in [0.15, 0.2) is 24.3 Å². The van der Waals surface area contributed by atoms with Crippen LogP contribution in [0.4, 0.5) is 10.7 Å². The number of esters is 1. The molecule has 0 radical (unpaired) electrons. The summed E-state index contributed by atoms with van der Waals surface area (Å²) in [5.74, 6) is -0.459. The molecule has 0 saturated heterocycles. The van der Waals surface area contributed by atoms with Gasteiger partial charge in [-0.1, -0.05) is 6.07 Å². The van der Waals surface area contributed by atoms with E-state index in [0.717, 1.165) is 30.5 Å². The average Bonchev–Trinajstić information content (AvgIpc) is 3.29. The van der Waals surface area contributed by atoms with Gasteiger partial charge in [-0.15, -0.1) is 11.3 Å². The van der Waals surface area contributed by atoms with Crippen molar-refractivity contribution in [2.75, 3.05) is 29.9 Å². The van der Waals surface area contributed by atoms with Crippen LogP contribution in [-0.4, -0.2) is 31.6 Å². The number of fused-ring (bicyclic) bond motifs is 1. The van der Waals surface area contributed by atoms with Crippen molar-refractivity contribution in [2.45, 2.75) is 39.5 Å². The third-order valence-electron chi connectivity index (χ3n) is 5.00. The minimum absolute atomic E-state index is 0.110. The van der Waals surface area contributed by atoms with Crippen LogP contribution in [0.1, 0.15) is 53.1 Å². The zero-order chi connectivity index (χ0) is 20.8. The maximum atomic E-state index is 12.5. The summed E-state index contributed by atoms with van der Waals surface area (Å²) in [6.07, 6.45) is 3.29. The second-order valence-electron chi connectivity index (χ2n) is 6.82. The smallest absolute Gasteiger partial charge is 0.338 e. The Labute approximate surface area is 175 Å². The second kappa shape index (κ2) is 9.57. The normalized spacial score (nSPS) is 12.2. The molecule has 29 heavy (non-hydrogen) atoms. The van der Waals surface area contributed by atoms with Crippen LogP contribution in [-0.2, 0) is 22.4 Å². The minimum Gasteiger partial charge on any atom is -0.462 e. The lowest BCUT2D eigenvalue weighted by Crippen LogP contribution is -2.27. The lowest BCUT2D eigenvalue weighted by atomic mass is 10.1. The van der Waals surface area contributed by atoms with Gasteiger partial charge in [0.2, 0.25) is 5.91 Å². The summed E-state index contributed by atoms with van der Waals surface area (Å²) >= 11 is 1.53. The van der Waals surface area contributed by atoms with Crippen LogP contribution in [0.3, 0.4) is 0 Å². The minimum atomic E-state index is -0.349. The van der Waals surface area contributed by atoms with E-state index in [9.17, 15) is 14.9 Å². The summed E-state index contributed by atoms with van der Waals surface area (Å²) in [7, 11) is 0. The number of hydrogen-bond donors (Lipinski definition) is 1. The first-order valence-corrected chi connectivity index (χ1v) is 10.8. The third kappa shape index (κ3) is 4.77. The molecule has 1 aromatic carbocycles. The number of benzene rings is 1. The molecule has 1 aliphatic carbocycles. The number of nitrogens with zero attached hydrogens (tertiary/aromatic N) is 2. The average molecular weight is 412 g/mol. The number of carbonyl (C=O) groups is 2. The molecule has 1 heterocycles. The van der Waals surface area contributed by atoms with Crippen molar-refractivity contribution >= 4 is 33.9 Å². The molecule has 0 fully saturated rings. The SMILES string of the molecule is CCOC(=O)c1cccc(N(CC)CCC(=O)Nc2sc3c(c2C#N)CCC3)c1. The quantitative estimate of drug-likeness (QED) is 0.660. The van der Waals surface area contributed by atoms with Gasteiger partial charge in [-0.2, -0.15) is 5.26 Å². The van der Waals surface area contributed by atoms with Crippen molar-refractivity contribution in [2.24, 2.45) is 0 Å². The molecule has 0 atom stereocenters. The Kier molecular flexibility index (Phi) is 6.89. The van der Waals surface area contributed by atoms with Crippen molar-refractivity contribution in [3.8, 4) is 6.07 Å². The van der Waals surface area contributed by atoms with Crippen molar-refractivity contribution in [1.29, 1.82) is 5.26 Å². The van der Waals surface area contributed by atoms with E-state index in [1.807, 2.05) is 24.0 Å². The summed E-state index contributed by atoms with van der Waals surface area (Å²) in [6, 6.07) is 9.50. The summed E-state index contributed by atoms with van der Waals surface area (Å²) < 4.78 is 5.06. The first kappa shape index (κ1) is 20.9. The standard InChI is InChI=1S/C22H25N3O3S/c1-3-25(16-8-5-7-15(13-16)22(27)28-4-2)12-11-20(26)24-21-18(14-23)17-9-6-10-19(17)29-21/h5,7-8,13H,3-4,6,9-12H2,1-2H3,(H,24,26). The van der Waals surface area contributed by atoms with Gasteiger partial charge in [-0.25, -0.2) is 4.79 Å². The maximum Gasteiger partial charge on any atom is 0.338 e. The number of thiophene rings is 1. The molecule has 2 aromatic rings. The van der Waals surface area contributed by atoms with E-state index in [2.05, 4.69) is 11.4 Å². The fraction of sp³-hybridized carbons (Fsp3) is 0.409. The largest absolute Gasteiger partial charge is 0.462 e. The van der Waals surface area contributed by atoms with Gasteiger partial charge in [0.05, 0.1) is 17.7 Å². The monoisotopic (exact) mass is 411 g/mol. The number of hydrogen-bond acceptors (Lipinski definition) is 6. The lowest BCUT2D eigenvalue weighted by molar-refractivity contribution is -0.116. The van der Waals surface area contributed by atoms with Crippen LogP contribution >= 0.6 is 11.3 Å². The second-order valence-corrected chi connectivity index (χ2v) is 7.93. The van der Waals surface area contributed by atoms with Gasteiger partial charge in [-0.3, -0.25) is 4.79 Å². The number of anilines is 2. The number of amides is 1. The van der Waals surface area contributed by atoms with Gasteiger partial charge in [0, 0.05) is 30.1 Å². The first-order valence-electron chi connectivity index (χ1n) is 9.94. The van der Waals surface area contributed by atoms with E-state index >= 15 is 0 Å². The van der Waals surface area contributed by atoms with Gasteiger partial charge in [0.15, 0.2) is 0 Å². The Bertz CT molecular complexity index is 945. The van der Waals surface area contributed by atoms with Crippen LogP contribution in [0, 0.1) is 11.3 Å². The number of ether oxygens (including phenoxy) is 1. The van der Waals surface area contributed by atoms with Gasteiger partial charge in [-0.05, 0) is 56.9 Å². The molecule has 1 N–H and O–H groups in total. The lowest BCUT2D eigenvalue weighted by Gasteiger charge is -2.23. The summed E-state index contributed by atoms with van der Waals surface area (Å²) in [4.78, 5) is 27.7. The van der Waals surface area contributed by atoms with Crippen LogP contribution in [0.2, 0.25) is 0 Å². The van der Waals surface area contributed by atoms with E-state index in [0.29, 0.717) is 42.2 Å². The van der Waals surface area contributed by atoms with E-state index in [4.69, 9.17) is 4.74 Å². The molecule has 0 bridgehead atoms. The molecule has 6 nitrogen and oxygen atoms in total. The Hall–Kier alpha value is -2.85. The van der Waals surface area contributed by atoms with Crippen LogP contribution < -0.4 is 10.2 Å². The zero-order valence-corrected chi connectivity index (χ0v) is 17.6. The molecule has 3 rings (SSSR count). The molecule has 0 spiro atoms. The highest BCUT2D eigenvalue weighted by molar-refractivity contribution is 7.16. The molecule has 0 aliphatic heterocycles. The van der Waals surface area contributed by atoms with E-state index in [1.165, 1.54) is 16.2 Å². The highest BCUT2D eigenvalue weighted by atomic mass is 32.1. The Morgan fingerprint density at radius 2 is 2.14 bits per heavy atom. The van der Waals surface area contributed by atoms with E-state index in [1.54, 1.807) is 19.1 Å². The van der Waals surface area contributed by atoms with Crippen molar-refractivity contribution < 1.29 is 14.3 Å². The molecule has 1 amide bonds. The van der Waals surface area contributed by atoms with E-state index in [-0.39, 0.29) is 11.9 Å². The molecule has 1 aromatic heterocycles. The summed E-state index contributed by atoms with van der Waals surface area (Å²) in [5.41, 5.74) is 3.11. The molecule has 152 valence electrons. The molecule has 0 saturated carbocycles. The van der Waals surface area contributed by atoms with Gasteiger partial charge in [0.1, 0.15) is 11.1 Å². The van der Waals surface area contributed by atoms with Gasteiger partial charge < -0.3 is 15.0 Å². The molecule has 7 heteroatoms. The van der Waals surface area contributed by atoms with Crippen LogP contribution in [0.25, 0.3) is 0 Å². The predicted molar refractivity (Wildman–Crippen MR) is 115 cm³/mol. The number of nitrogens with one attached hydrogen (secondary N) is 1. The Balaban J connectivity index is 1.63. The fourth-order valence-corrected chi connectivity index (χ4v) is 4.81. The molecule has 0 unspecified atom stereocenters. The molecular weight excluding hydrogens is 386 g/mol. The summed E-state index contributed by atoms with van der Waals surface area (Å²) in [6.45, 7) is 5.33. The topological polar surface area (TPSA) is 82.4 Å². The predicted octanol–water partition coefficient (Wildman–Crippen LogP) is 4.14. The Morgan fingerprint density at radius 1 is 1.31 bits per heavy atom. The number of carbonyl (C=O) groups excluding carboxylic acids is 2. The fourth-order valence-electron chi connectivity index (χ4n) is 3.55. The highest BCUT2D eigenvalue weighted by Gasteiger charge is 2.23. The Morgan fingerprint density at radius 3 is 2.86 bits per heavy atom. The third-order valence-corrected chi connectivity index (χ3v) is 6.21. The number of nitriles is 1.